The number of aliphatic hydroxyl groups is 1. The van der Waals surface area contributed by atoms with Crippen molar-refractivity contribution in [3.8, 4) is 17.2 Å². The van der Waals surface area contributed by atoms with Gasteiger partial charge in [0.25, 0.3) is 5.91 Å². The van der Waals surface area contributed by atoms with Crippen molar-refractivity contribution in [2.75, 3.05) is 37.4 Å². The van der Waals surface area contributed by atoms with Crippen LogP contribution in [0, 0.1) is 5.92 Å². The Balaban J connectivity index is 1.34. The summed E-state index contributed by atoms with van der Waals surface area (Å²) in [5, 5.41) is 15.2. The van der Waals surface area contributed by atoms with Gasteiger partial charge >= 0.3 is 12.2 Å². The van der Waals surface area contributed by atoms with Crippen molar-refractivity contribution < 1.29 is 37.3 Å². The van der Waals surface area contributed by atoms with Gasteiger partial charge in [0.1, 0.15) is 17.6 Å². The van der Waals surface area contributed by atoms with Crippen LogP contribution in [0.4, 0.5) is 29.3 Å². The number of anilines is 2. The van der Waals surface area contributed by atoms with Gasteiger partial charge in [0.2, 0.25) is 0 Å². The molecule has 1 aliphatic rings. The van der Waals surface area contributed by atoms with E-state index in [1.165, 1.54) is 0 Å². The normalized spacial score (nSPS) is 17.0. The second kappa shape index (κ2) is 15.4. The molecule has 3 N–H and O–H groups in total. The van der Waals surface area contributed by atoms with Crippen molar-refractivity contribution in [3.63, 3.8) is 0 Å². The quantitative estimate of drug-likeness (QED) is 0.161. The van der Waals surface area contributed by atoms with Crippen LogP contribution >= 0.6 is 0 Å². The number of ether oxygens (including phenoxy) is 2. The number of amides is 3. The van der Waals surface area contributed by atoms with Gasteiger partial charge in [-0.15, -0.1) is 0 Å². The number of carbonyl (C=O) groups excluding carboxylic acids is 2. The van der Waals surface area contributed by atoms with Crippen LogP contribution in [0.15, 0.2) is 97.1 Å². The van der Waals surface area contributed by atoms with E-state index in [9.17, 15) is 27.9 Å². The van der Waals surface area contributed by atoms with Crippen molar-refractivity contribution >= 4 is 23.3 Å². The van der Waals surface area contributed by atoms with Crippen molar-refractivity contribution in [3.05, 3.63) is 114 Å². The van der Waals surface area contributed by atoms with Crippen molar-refractivity contribution in [2.45, 2.75) is 38.7 Å². The van der Waals surface area contributed by atoms with E-state index in [2.05, 4.69) is 15.5 Å². The van der Waals surface area contributed by atoms with E-state index in [1.54, 1.807) is 30.0 Å². The van der Waals surface area contributed by atoms with Crippen LogP contribution in [-0.4, -0.2) is 65.7 Å². The Morgan fingerprint density at radius 3 is 2.31 bits per heavy atom. The molecule has 0 fully saturated rings. The number of halogens is 3. The van der Waals surface area contributed by atoms with Crippen LogP contribution in [0.3, 0.4) is 0 Å². The number of likely N-dealkylation sites (N-methyl/N-ethyl adjacent to an activating group) is 1. The van der Waals surface area contributed by atoms with Crippen molar-refractivity contribution in [2.24, 2.45) is 5.92 Å². The van der Waals surface area contributed by atoms with Gasteiger partial charge in [-0.3, -0.25) is 9.69 Å². The Labute approximate surface area is 283 Å². The van der Waals surface area contributed by atoms with Crippen LogP contribution in [0.1, 0.15) is 35.3 Å². The third kappa shape index (κ3) is 9.09. The van der Waals surface area contributed by atoms with Gasteiger partial charge in [0, 0.05) is 31.2 Å². The monoisotopic (exact) mass is 676 g/mol. The van der Waals surface area contributed by atoms with E-state index in [0.29, 0.717) is 19.6 Å². The minimum absolute atomic E-state index is 0.150. The molecule has 49 heavy (non-hydrogen) atoms. The molecule has 0 saturated heterocycles. The number of para-hydroxylation sites is 2. The fourth-order valence-electron chi connectivity index (χ4n) is 5.56. The average molecular weight is 677 g/mol. The number of hydrogen-bond acceptors (Lipinski definition) is 6. The molecule has 0 aliphatic carbocycles. The fraction of sp³-hybridized carbons (Fsp3) is 0.297. The predicted octanol–water partition coefficient (Wildman–Crippen LogP) is 7.49. The highest BCUT2D eigenvalue weighted by molar-refractivity contribution is 6.04. The second-order valence-electron chi connectivity index (χ2n) is 12.2. The molecule has 0 aromatic heterocycles. The molecule has 0 spiro atoms. The predicted molar refractivity (Wildman–Crippen MR) is 181 cm³/mol. The van der Waals surface area contributed by atoms with Crippen LogP contribution in [0.2, 0.25) is 0 Å². The molecule has 4 aromatic rings. The number of carbonyl (C=O) groups is 2. The number of aliphatic hydroxyl groups excluding tert-OH is 1. The number of nitrogens with one attached hydrogen (secondary N) is 2. The lowest BCUT2D eigenvalue weighted by Gasteiger charge is -2.38. The minimum atomic E-state index is -4.50. The van der Waals surface area contributed by atoms with E-state index in [1.807, 2.05) is 68.6 Å². The first-order valence-electron chi connectivity index (χ1n) is 15.9. The largest absolute Gasteiger partial charge is 0.486 e. The highest BCUT2D eigenvalue weighted by Gasteiger charge is 2.35. The Hall–Kier alpha value is -5.07. The van der Waals surface area contributed by atoms with Gasteiger partial charge in [-0.25, -0.2) is 4.79 Å². The Bertz CT molecular complexity index is 1720. The number of urea groups is 1. The van der Waals surface area contributed by atoms with Gasteiger partial charge in [0.15, 0.2) is 5.75 Å². The van der Waals surface area contributed by atoms with Crippen LogP contribution in [0.25, 0.3) is 0 Å². The van der Waals surface area contributed by atoms with E-state index in [-0.39, 0.29) is 41.1 Å². The van der Waals surface area contributed by atoms with Crippen molar-refractivity contribution in [1.82, 2.24) is 9.80 Å². The van der Waals surface area contributed by atoms with Gasteiger partial charge in [-0.2, -0.15) is 13.2 Å². The third-order valence-corrected chi connectivity index (χ3v) is 8.26. The Morgan fingerprint density at radius 1 is 0.980 bits per heavy atom. The third-order valence-electron chi connectivity index (χ3n) is 8.26. The molecular weight excluding hydrogens is 637 g/mol. The summed E-state index contributed by atoms with van der Waals surface area (Å²) in [6.07, 6.45) is -4.94. The van der Waals surface area contributed by atoms with E-state index >= 15 is 0 Å². The summed E-state index contributed by atoms with van der Waals surface area (Å²) in [7, 11) is 1.96. The molecule has 1 aliphatic heterocycles. The van der Waals surface area contributed by atoms with Gasteiger partial charge in [-0.1, -0.05) is 43.3 Å². The fourth-order valence-corrected chi connectivity index (χ4v) is 5.56. The molecule has 0 bridgehead atoms. The lowest BCUT2D eigenvalue weighted by atomic mass is 9.99. The first-order chi connectivity index (χ1) is 23.4. The summed E-state index contributed by atoms with van der Waals surface area (Å²) >= 11 is 0. The highest BCUT2D eigenvalue weighted by Crippen LogP contribution is 2.35. The lowest BCUT2D eigenvalue weighted by molar-refractivity contribution is -0.137. The number of benzene rings is 4. The number of nitrogens with zero attached hydrogens (tertiary/aromatic N) is 2. The molecule has 3 atom stereocenters. The molecule has 4 aromatic carbocycles. The molecule has 5 rings (SSSR count). The molecule has 0 saturated carbocycles. The molecule has 9 nitrogen and oxygen atoms in total. The zero-order chi connectivity index (χ0) is 35.1. The van der Waals surface area contributed by atoms with E-state index in [4.69, 9.17) is 9.47 Å². The highest BCUT2D eigenvalue weighted by atomic mass is 19.4. The minimum Gasteiger partial charge on any atom is -0.486 e. The molecule has 0 unspecified atom stereocenters. The summed E-state index contributed by atoms with van der Waals surface area (Å²) in [5.41, 5.74) is 0.784. The summed E-state index contributed by atoms with van der Waals surface area (Å²) in [5.74, 6) is 1.09. The van der Waals surface area contributed by atoms with E-state index < -0.39 is 29.9 Å². The van der Waals surface area contributed by atoms with Crippen molar-refractivity contribution in [1.29, 1.82) is 0 Å². The summed E-state index contributed by atoms with van der Waals surface area (Å²) < 4.78 is 51.4. The summed E-state index contributed by atoms with van der Waals surface area (Å²) in [4.78, 5) is 30.5. The number of rotatable bonds is 10. The first kappa shape index (κ1) is 35.2. The molecule has 12 heteroatoms. The molecule has 258 valence electrons. The zero-order valence-electron chi connectivity index (χ0n) is 27.4. The summed E-state index contributed by atoms with van der Waals surface area (Å²) in [6, 6.07) is 25.0. The van der Waals surface area contributed by atoms with Gasteiger partial charge in [-0.05, 0) is 80.2 Å². The number of hydrogen-bond donors (Lipinski definition) is 3. The van der Waals surface area contributed by atoms with E-state index in [0.717, 1.165) is 41.3 Å². The maximum atomic E-state index is 13.8. The molecular formula is C37H39F3N4O5. The zero-order valence-corrected chi connectivity index (χ0v) is 27.4. The topological polar surface area (TPSA) is 103 Å². The first-order valence-corrected chi connectivity index (χ1v) is 15.9. The van der Waals surface area contributed by atoms with Crippen LogP contribution in [0.5, 0.6) is 17.2 Å². The molecule has 3 amide bonds. The average Bonchev–Trinajstić information content (AvgIpc) is 3.07. The van der Waals surface area contributed by atoms with Crippen LogP contribution in [-0.2, 0) is 12.7 Å². The standard InChI is InChI=1S/C37H39F3N4O5/c1-24-20-44(25(2)23-45)35(46)31-10-7-11-32(42-36(47)41-28-16-14-27(15-17-28)37(38,39)40)34(31)49-33(24)22-43(3)21-26-12-18-30(19-13-26)48-29-8-5-4-6-9-29/h4-19,24-25,33,45H,20-23H2,1-3H3,(H2,41,42,47)/t24-,25-,33-/m1/s1. The Kier molecular flexibility index (Phi) is 11.1. The molecule has 1 heterocycles. The van der Waals surface area contributed by atoms with Crippen LogP contribution < -0.4 is 20.1 Å². The van der Waals surface area contributed by atoms with Gasteiger partial charge < -0.3 is 30.1 Å². The Morgan fingerprint density at radius 2 is 1.65 bits per heavy atom. The lowest BCUT2D eigenvalue weighted by Crippen LogP contribution is -2.49. The SMILES string of the molecule is C[C@@H]1CN([C@H](C)CO)C(=O)c2cccc(NC(=O)Nc3ccc(C(F)(F)F)cc3)c2O[C@@H]1CN(C)Cc1ccc(Oc2ccccc2)cc1. The molecule has 0 radical (unpaired) electrons. The number of fused-ring (bicyclic) bond motifs is 1. The number of alkyl halides is 3. The maximum absolute atomic E-state index is 13.8. The maximum Gasteiger partial charge on any atom is 0.416 e. The second-order valence-corrected chi connectivity index (χ2v) is 12.2. The van der Waals surface area contributed by atoms with Gasteiger partial charge in [0.05, 0.1) is 29.5 Å². The smallest absolute Gasteiger partial charge is 0.416 e. The summed E-state index contributed by atoms with van der Waals surface area (Å²) in [6.45, 7) is 4.88.